The summed E-state index contributed by atoms with van der Waals surface area (Å²) in [5.41, 5.74) is 6.84. The lowest BCUT2D eigenvalue weighted by Gasteiger charge is -2.14. The highest BCUT2D eigenvalue weighted by Crippen LogP contribution is 2.27. The number of hydrogen-bond acceptors (Lipinski definition) is 4. The number of hydrogen-bond donors (Lipinski definition) is 2. The number of fused-ring (bicyclic) bond motifs is 1. The van der Waals surface area contributed by atoms with Gasteiger partial charge in [-0.05, 0) is 27.9 Å². The van der Waals surface area contributed by atoms with Crippen molar-refractivity contribution >= 4 is 44.8 Å². The van der Waals surface area contributed by atoms with Gasteiger partial charge in [-0.3, -0.25) is 4.79 Å². The minimum atomic E-state index is -0.329. The molecule has 2 heterocycles. The molecular weight excluding hydrogens is 316 g/mol. The van der Waals surface area contributed by atoms with Crippen LogP contribution in [0.3, 0.4) is 0 Å². The van der Waals surface area contributed by atoms with E-state index in [0.717, 1.165) is 9.99 Å². The maximum atomic E-state index is 11.4. The quantitative estimate of drug-likeness (QED) is 0.843. The zero-order chi connectivity index (χ0) is 13.3. The van der Waals surface area contributed by atoms with Crippen LogP contribution in [0.25, 0.3) is 11.2 Å². The SMILES string of the molecule is CC(C)[C@@H](Sc1nc2ncc(Br)cc2[nH]1)C(N)=O. The maximum Gasteiger partial charge on any atom is 0.231 e. The summed E-state index contributed by atoms with van der Waals surface area (Å²) in [7, 11) is 0. The minimum absolute atomic E-state index is 0.153. The van der Waals surface area contributed by atoms with E-state index >= 15 is 0 Å². The third-order valence-corrected chi connectivity index (χ3v) is 4.29. The summed E-state index contributed by atoms with van der Waals surface area (Å²) in [5, 5.41) is 0.363. The summed E-state index contributed by atoms with van der Waals surface area (Å²) < 4.78 is 0.880. The molecule has 0 fully saturated rings. The Morgan fingerprint density at radius 1 is 1.56 bits per heavy atom. The highest BCUT2D eigenvalue weighted by molar-refractivity contribution is 9.10. The van der Waals surface area contributed by atoms with E-state index in [4.69, 9.17) is 5.73 Å². The Morgan fingerprint density at radius 2 is 2.28 bits per heavy atom. The zero-order valence-electron chi connectivity index (χ0n) is 9.98. The van der Waals surface area contributed by atoms with E-state index in [2.05, 4.69) is 30.9 Å². The Labute approximate surface area is 117 Å². The van der Waals surface area contributed by atoms with Crippen LogP contribution >= 0.6 is 27.7 Å². The molecule has 0 saturated carbocycles. The normalized spacial score (nSPS) is 13.1. The molecule has 5 nitrogen and oxygen atoms in total. The summed E-state index contributed by atoms with van der Waals surface area (Å²) in [4.78, 5) is 23.0. The van der Waals surface area contributed by atoms with Gasteiger partial charge in [0.2, 0.25) is 5.91 Å². The predicted octanol–water partition coefficient (Wildman–Crippen LogP) is 2.32. The van der Waals surface area contributed by atoms with Gasteiger partial charge in [0.15, 0.2) is 10.8 Å². The Hall–Kier alpha value is -1.08. The second-order valence-corrected chi connectivity index (χ2v) is 6.30. The van der Waals surface area contributed by atoms with Gasteiger partial charge in [0, 0.05) is 10.7 Å². The summed E-state index contributed by atoms with van der Waals surface area (Å²) in [6.45, 7) is 3.92. The van der Waals surface area contributed by atoms with Crippen LogP contribution in [-0.4, -0.2) is 26.1 Å². The Morgan fingerprint density at radius 3 is 2.89 bits per heavy atom. The molecule has 1 amide bonds. The summed E-state index contributed by atoms with van der Waals surface area (Å²) in [6.07, 6.45) is 1.69. The van der Waals surface area contributed by atoms with Gasteiger partial charge in [-0.1, -0.05) is 25.6 Å². The molecule has 0 unspecified atom stereocenters. The molecule has 3 N–H and O–H groups in total. The molecule has 18 heavy (non-hydrogen) atoms. The fourth-order valence-corrected chi connectivity index (χ4v) is 2.82. The number of carbonyl (C=O) groups excluding carboxylic acids is 1. The molecule has 0 spiro atoms. The van der Waals surface area contributed by atoms with Crippen molar-refractivity contribution < 1.29 is 4.79 Å². The van der Waals surface area contributed by atoms with Gasteiger partial charge in [0.25, 0.3) is 0 Å². The van der Waals surface area contributed by atoms with Crippen molar-refractivity contribution in [3.05, 3.63) is 16.7 Å². The second-order valence-electron chi connectivity index (χ2n) is 4.25. The molecule has 0 saturated heterocycles. The highest BCUT2D eigenvalue weighted by atomic mass is 79.9. The van der Waals surface area contributed by atoms with Crippen LogP contribution in [0.5, 0.6) is 0 Å². The first-order chi connectivity index (χ1) is 8.47. The Kier molecular flexibility index (Phi) is 3.91. The smallest absolute Gasteiger partial charge is 0.231 e. The lowest BCUT2D eigenvalue weighted by Crippen LogP contribution is -2.30. The highest BCUT2D eigenvalue weighted by Gasteiger charge is 2.22. The van der Waals surface area contributed by atoms with Crippen molar-refractivity contribution in [1.29, 1.82) is 0 Å². The third kappa shape index (κ3) is 2.84. The van der Waals surface area contributed by atoms with Crippen molar-refractivity contribution in [1.82, 2.24) is 15.0 Å². The van der Waals surface area contributed by atoms with Crippen LogP contribution in [-0.2, 0) is 4.79 Å². The van der Waals surface area contributed by atoms with Crippen LogP contribution in [0.1, 0.15) is 13.8 Å². The number of imidazole rings is 1. The van der Waals surface area contributed by atoms with Crippen molar-refractivity contribution in [3.8, 4) is 0 Å². The van der Waals surface area contributed by atoms with E-state index in [1.807, 2.05) is 19.9 Å². The fourth-order valence-electron chi connectivity index (χ4n) is 1.55. The molecule has 1 atom stereocenters. The first-order valence-electron chi connectivity index (χ1n) is 5.44. The molecule has 0 aliphatic carbocycles. The topological polar surface area (TPSA) is 84.7 Å². The number of H-pyrrole nitrogens is 1. The number of primary amides is 1. The number of nitrogens with two attached hydrogens (primary N) is 1. The molecule has 0 aliphatic rings. The number of carbonyl (C=O) groups is 1. The molecule has 0 bridgehead atoms. The third-order valence-electron chi connectivity index (χ3n) is 2.41. The molecule has 0 aromatic carbocycles. The van der Waals surface area contributed by atoms with Gasteiger partial charge in [-0.2, -0.15) is 0 Å². The molecule has 2 rings (SSSR count). The second kappa shape index (κ2) is 5.27. The summed E-state index contributed by atoms with van der Waals surface area (Å²) >= 11 is 4.69. The van der Waals surface area contributed by atoms with E-state index in [-0.39, 0.29) is 17.1 Å². The first-order valence-corrected chi connectivity index (χ1v) is 7.12. The number of nitrogens with zero attached hydrogens (tertiary/aromatic N) is 2. The van der Waals surface area contributed by atoms with Crippen molar-refractivity contribution in [2.75, 3.05) is 0 Å². The van der Waals surface area contributed by atoms with Crippen molar-refractivity contribution in [2.45, 2.75) is 24.3 Å². The van der Waals surface area contributed by atoms with Gasteiger partial charge in [-0.15, -0.1) is 0 Å². The van der Waals surface area contributed by atoms with E-state index in [9.17, 15) is 4.79 Å². The predicted molar refractivity (Wildman–Crippen MR) is 75.3 cm³/mol. The number of halogens is 1. The maximum absolute atomic E-state index is 11.4. The summed E-state index contributed by atoms with van der Waals surface area (Å²) in [5.74, 6) is -0.176. The molecule has 2 aromatic heterocycles. The van der Waals surface area contributed by atoms with E-state index in [0.29, 0.717) is 10.8 Å². The Balaban J connectivity index is 2.28. The minimum Gasteiger partial charge on any atom is -0.369 e. The summed E-state index contributed by atoms with van der Waals surface area (Å²) in [6, 6.07) is 1.90. The number of aromatic nitrogens is 3. The van der Waals surface area contributed by atoms with Gasteiger partial charge < -0.3 is 10.7 Å². The zero-order valence-corrected chi connectivity index (χ0v) is 12.4. The molecule has 96 valence electrons. The van der Waals surface area contributed by atoms with E-state index in [1.54, 1.807) is 6.20 Å². The number of amides is 1. The number of nitrogens with one attached hydrogen (secondary N) is 1. The molecule has 0 aliphatic heterocycles. The van der Waals surface area contributed by atoms with Crippen LogP contribution in [0.15, 0.2) is 21.9 Å². The largest absolute Gasteiger partial charge is 0.369 e. The number of rotatable bonds is 4. The number of pyridine rings is 1. The van der Waals surface area contributed by atoms with Gasteiger partial charge in [0.05, 0.1) is 10.8 Å². The molecule has 2 aromatic rings. The van der Waals surface area contributed by atoms with Crippen LogP contribution < -0.4 is 5.73 Å². The molecule has 7 heteroatoms. The lowest BCUT2D eigenvalue weighted by molar-refractivity contribution is -0.118. The van der Waals surface area contributed by atoms with Crippen LogP contribution in [0.2, 0.25) is 0 Å². The molecular formula is C11H13BrN4OS. The fraction of sp³-hybridized carbons (Fsp3) is 0.364. The standard InChI is InChI=1S/C11H13BrN4OS/c1-5(2)8(9(13)17)18-11-15-7-3-6(12)4-14-10(7)16-11/h3-5,8H,1-2H3,(H2,13,17)(H,14,15,16)/t8-/m1/s1. The van der Waals surface area contributed by atoms with Crippen molar-refractivity contribution in [3.63, 3.8) is 0 Å². The monoisotopic (exact) mass is 328 g/mol. The average molecular weight is 329 g/mol. The van der Waals surface area contributed by atoms with Gasteiger partial charge >= 0.3 is 0 Å². The average Bonchev–Trinajstić information content (AvgIpc) is 2.66. The van der Waals surface area contributed by atoms with Gasteiger partial charge in [0.1, 0.15) is 0 Å². The number of thioether (sulfide) groups is 1. The lowest BCUT2D eigenvalue weighted by atomic mass is 10.1. The first kappa shape index (κ1) is 13.4. The van der Waals surface area contributed by atoms with E-state index < -0.39 is 0 Å². The number of aromatic amines is 1. The van der Waals surface area contributed by atoms with Gasteiger partial charge in [-0.25, -0.2) is 9.97 Å². The van der Waals surface area contributed by atoms with E-state index in [1.165, 1.54) is 11.8 Å². The van der Waals surface area contributed by atoms with Crippen LogP contribution in [0.4, 0.5) is 0 Å². The molecule has 0 radical (unpaired) electrons. The van der Waals surface area contributed by atoms with Crippen molar-refractivity contribution in [2.24, 2.45) is 11.7 Å². The van der Waals surface area contributed by atoms with Crippen LogP contribution in [0, 0.1) is 5.92 Å². The Bertz CT molecular complexity index is 583.